The molecule has 0 spiro atoms. The minimum Gasteiger partial charge on any atom is -0.478 e. The molecule has 0 heterocycles. The number of hydrogen-bond acceptors (Lipinski definition) is 2. The molecule has 84 valence electrons. The van der Waals surface area contributed by atoms with Gasteiger partial charge in [-0.05, 0) is 17.2 Å². The third-order valence-electron chi connectivity index (χ3n) is 2.01. The van der Waals surface area contributed by atoms with Crippen LogP contribution in [0.4, 0.5) is 0 Å². The summed E-state index contributed by atoms with van der Waals surface area (Å²) < 4.78 is 0. The van der Waals surface area contributed by atoms with E-state index in [-0.39, 0.29) is 0 Å². The molecule has 0 aromatic carbocycles. The van der Waals surface area contributed by atoms with E-state index in [1.54, 1.807) is 20.2 Å². The van der Waals surface area contributed by atoms with Gasteiger partial charge in [-0.3, -0.25) is 4.79 Å². The van der Waals surface area contributed by atoms with E-state index < -0.39 is 5.97 Å². The maximum absolute atomic E-state index is 10.6. The summed E-state index contributed by atoms with van der Waals surface area (Å²) in [6, 6.07) is 0. The number of carbonyl (C=O) groups excluding carboxylic acids is 1. The number of carbonyl (C=O) groups is 2. The molecule has 0 saturated carbocycles. The second-order valence-corrected chi connectivity index (χ2v) is 3.52. The molecule has 0 bridgehead atoms. The Bertz CT molecular complexity index is 426. The van der Waals surface area contributed by atoms with Crippen molar-refractivity contribution in [1.82, 2.24) is 4.90 Å². The Kier molecular flexibility index (Phi) is 3.83. The summed E-state index contributed by atoms with van der Waals surface area (Å²) in [5.74, 6) is -0.855. The lowest BCUT2D eigenvalue weighted by molar-refractivity contribution is -0.132. The fourth-order valence-corrected chi connectivity index (χ4v) is 1.27. The summed E-state index contributed by atoms with van der Waals surface area (Å²) in [4.78, 5) is 21.4. The first-order valence-electron chi connectivity index (χ1n) is 4.72. The van der Waals surface area contributed by atoms with Gasteiger partial charge in [-0.15, -0.1) is 0 Å². The third-order valence-corrected chi connectivity index (χ3v) is 2.01. The lowest BCUT2D eigenvalue weighted by Crippen LogP contribution is -2.06. The molecule has 0 atom stereocenters. The average Bonchev–Trinajstić information content (AvgIpc) is 2.78. The van der Waals surface area contributed by atoms with Gasteiger partial charge in [-0.2, -0.15) is 0 Å². The first-order chi connectivity index (χ1) is 7.56. The van der Waals surface area contributed by atoms with Gasteiger partial charge < -0.3 is 10.0 Å². The molecule has 4 heteroatoms. The normalized spacial score (nSPS) is 15.2. The monoisotopic (exact) mass is 219 g/mol. The number of rotatable bonds is 2. The van der Waals surface area contributed by atoms with Crippen molar-refractivity contribution in [2.45, 2.75) is 0 Å². The molecule has 2 aliphatic rings. The fourth-order valence-electron chi connectivity index (χ4n) is 1.27. The summed E-state index contributed by atoms with van der Waals surface area (Å²) in [6.07, 6.45) is 9.78. The molecule has 0 aliphatic heterocycles. The van der Waals surface area contributed by atoms with Crippen molar-refractivity contribution in [3.8, 4) is 0 Å². The van der Waals surface area contributed by atoms with E-state index in [4.69, 9.17) is 5.11 Å². The van der Waals surface area contributed by atoms with E-state index in [2.05, 4.69) is 0 Å². The van der Waals surface area contributed by atoms with Gasteiger partial charge in [0.2, 0.25) is 6.41 Å². The zero-order valence-corrected chi connectivity index (χ0v) is 9.18. The minimum atomic E-state index is -0.855. The van der Waals surface area contributed by atoms with E-state index >= 15 is 0 Å². The van der Waals surface area contributed by atoms with Gasteiger partial charge in [0.25, 0.3) is 0 Å². The molecule has 0 radical (unpaired) electrons. The van der Waals surface area contributed by atoms with Crippen LogP contribution in [0, 0.1) is 0 Å². The molecule has 0 fully saturated rings. The first kappa shape index (κ1) is 12.0. The van der Waals surface area contributed by atoms with Crippen LogP contribution in [-0.2, 0) is 9.59 Å². The third kappa shape index (κ3) is 2.70. The SMILES string of the molecule is CN(C)C=O.O=C(O)C1=CC=C2C=CC=C21. The maximum Gasteiger partial charge on any atom is 0.336 e. The van der Waals surface area contributed by atoms with E-state index in [0.717, 1.165) is 17.6 Å². The summed E-state index contributed by atoms with van der Waals surface area (Å²) in [6.45, 7) is 0. The van der Waals surface area contributed by atoms with Crippen molar-refractivity contribution in [2.75, 3.05) is 14.1 Å². The fraction of sp³-hybridized carbons (Fsp3) is 0.167. The van der Waals surface area contributed by atoms with E-state index in [9.17, 15) is 9.59 Å². The van der Waals surface area contributed by atoms with Crippen LogP contribution in [0.25, 0.3) is 0 Å². The van der Waals surface area contributed by atoms with Crippen LogP contribution in [0.1, 0.15) is 0 Å². The van der Waals surface area contributed by atoms with Gasteiger partial charge in [0.05, 0.1) is 5.57 Å². The molecular weight excluding hydrogens is 206 g/mol. The zero-order chi connectivity index (χ0) is 12.1. The van der Waals surface area contributed by atoms with E-state index in [1.807, 2.05) is 24.3 Å². The highest BCUT2D eigenvalue weighted by molar-refractivity contribution is 5.96. The highest BCUT2D eigenvalue weighted by Gasteiger charge is 2.20. The van der Waals surface area contributed by atoms with Gasteiger partial charge in [-0.1, -0.05) is 24.3 Å². The number of allylic oxidation sites excluding steroid dienone is 6. The second kappa shape index (κ2) is 5.11. The molecule has 0 aromatic rings. The number of aliphatic carboxylic acids is 1. The molecule has 4 nitrogen and oxygen atoms in total. The highest BCUT2D eigenvalue weighted by Crippen LogP contribution is 2.30. The molecule has 1 amide bonds. The standard InChI is InChI=1S/C9H6O2.C3H7NO/c10-9(11)8-5-4-6-2-1-3-7(6)8;1-4(2)3-5/h1-5H,(H,10,11);3H,1-2H3. The van der Waals surface area contributed by atoms with Gasteiger partial charge >= 0.3 is 5.97 Å². The van der Waals surface area contributed by atoms with Crippen LogP contribution in [0.15, 0.2) is 47.1 Å². The van der Waals surface area contributed by atoms with Gasteiger partial charge in [0.15, 0.2) is 0 Å². The van der Waals surface area contributed by atoms with E-state index in [1.165, 1.54) is 4.90 Å². The first-order valence-corrected chi connectivity index (χ1v) is 4.72. The Balaban J connectivity index is 0.000000221. The lowest BCUT2D eigenvalue weighted by atomic mass is 10.1. The summed E-state index contributed by atoms with van der Waals surface area (Å²) in [5.41, 5.74) is 2.23. The van der Waals surface area contributed by atoms with Crippen molar-refractivity contribution in [2.24, 2.45) is 0 Å². The van der Waals surface area contributed by atoms with Crippen LogP contribution >= 0.6 is 0 Å². The number of fused-ring (bicyclic) bond motifs is 1. The van der Waals surface area contributed by atoms with Crippen molar-refractivity contribution in [3.05, 3.63) is 47.1 Å². The summed E-state index contributed by atoms with van der Waals surface area (Å²) in [7, 11) is 3.38. The average molecular weight is 219 g/mol. The van der Waals surface area contributed by atoms with Crippen LogP contribution < -0.4 is 0 Å². The topological polar surface area (TPSA) is 57.6 Å². The van der Waals surface area contributed by atoms with Gasteiger partial charge in [0.1, 0.15) is 0 Å². The van der Waals surface area contributed by atoms with Crippen molar-refractivity contribution in [1.29, 1.82) is 0 Å². The van der Waals surface area contributed by atoms with Crippen LogP contribution in [0.2, 0.25) is 0 Å². The maximum atomic E-state index is 10.6. The van der Waals surface area contributed by atoms with Crippen molar-refractivity contribution < 1.29 is 14.7 Å². The number of carboxylic acids is 1. The number of carboxylic acid groups (broad SMARTS) is 1. The molecule has 0 unspecified atom stereocenters. The van der Waals surface area contributed by atoms with Crippen LogP contribution in [-0.4, -0.2) is 36.5 Å². The van der Waals surface area contributed by atoms with Crippen molar-refractivity contribution in [3.63, 3.8) is 0 Å². The smallest absolute Gasteiger partial charge is 0.336 e. The Hall–Kier alpha value is -2.10. The predicted molar refractivity (Wildman–Crippen MR) is 60.8 cm³/mol. The number of nitrogens with zero attached hydrogens (tertiary/aromatic N) is 1. The molecule has 2 rings (SSSR count). The molecule has 0 aromatic heterocycles. The quantitative estimate of drug-likeness (QED) is 0.708. The molecule has 0 saturated heterocycles. The van der Waals surface area contributed by atoms with Crippen molar-refractivity contribution >= 4 is 12.4 Å². The molecule has 16 heavy (non-hydrogen) atoms. The predicted octanol–water partition coefficient (Wildman–Crippen LogP) is 1.14. The highest BCUT2D eigenvalue weighted by atomic mass is 16.4. The molecular formula is C12H13NO3. The molecule has 2 aliphatic carbocycles. The van der Waals surface area contributed by atoms with Crippen LogP contribution in [0.5, 0.6) is 0 Å². The van der Waals surface area contributed by atoms with Crippen LogP contribution in [0.3, 0.4) is 0 Å². The van der Waals surface area contributed by atoms with Gasteiger partial charge in [0, 0.05) is 14.1 Å². The Morgan fingerprint density at radius 1 is 1.31 bits per heavy atom. The number of hydrogen-bond donors (Lipinski definition) is 1. The van der Waals surface area contributed by atoms with E-state index in [0.29, 0.717) is 5.57 Å². The van der Waals surface area contributed by atoms with Gasteiger partial charge in [-0.25, -0.2) is 4.79 Å². The Labute approximate surface area is 93.9 Å². The minimum absolute atomic E-state index is 0.394. The molecule has 1 N–H and O–H groups in total. The summed E-state index contributed by atoms with van der Waals surface area (Å²) in [5, 5.41) is 8.69. The second-order valence-electron chi connectivity index (χ2n) is 3.52. The summed E-state index contributed by atoms with van der Waals surface area (Å²) >= 11 is 0. The lowest BCUT2D eigenvalue weighted by Gasteiger charge is -1.97. The number of amides is 1. The zero-order valence-electron chi connectivity index (χ0n) is 9.18. The Morgan fingerprint density at radius 2 is 1.94 bits per heavy atom. The Morgan fingerprint density at radius 3 is 2.44 bits per heavy atom. The largest absolute Gasteiger partial charge is 0.478 e.